The summed E-state index contributed by atoms with van der Waals surface area (Å²) in [5.74, 6) is 0. The van der Waals surface area contributed by atoms with Gasteiger partial charge in [-0.25, -0.2) is 14.5 Å². The topological polar surface area (TPSA) is 57.1 Å². The number of allylic oxidation sites excluding steroid dienone is 4. The summed E-state index contributed by atoms with van der Waals surface area (Å²) >= 11 is 0. The predicted octanol–water partition coefficient (Wildman–Crippen LogP) is 4.00. The molecule has 1 atom stereocenters. The summed E-state index contributed by atoms with van der Waals surface area (Å²) in [5, 5.41) is 3.02. The molecule has 0 spiro atoms. The van der Waals surface area contributed by atoms with Crippen molar-refractivity contribution in [3.8, 4) is 0 Å². The second-order valence-electron chi connectivity index (χ2n) is 8.51. The summed E-state index contributed by atoms with van der Waals surface area (Å²) in [5.41, 5.74) is 3.97. The number of carbonyl (C=O) groups is 1. The first kappa shape index (κ1) is 21.0. The lowest BCUT2D eigenvalue weighted by molar-refractivity contribution is -0.110. The number of benzene rings is 2. The van der Waals surface area contributed by atoms with E-state index in [1.807, 2.05) is 36.4 Å². The molecule has 0 saturated carbocycles. The first-order chi connectivity index (χ1) is 16.2. The minimum atomic E-state index is -0.856. The maximum atomic E-state index is 11.7. The van der Waals surface area contributed by atoms with Gasteiger partial charge in [0, 0.05) is 12.6 Å². The molecule has 6 heteroatoms. The average molecular weight is 437 g/mol. The number of rotatable bonds is 8. The Labute approximate surface area is 193 Å². The largest absolute Gasteiger partial charge is 0.340 e. The molecule has 2 aromatic rings. The Morgan fingerprint density at radius 3 is 2.67 bits per heavy atom. The van der Waals surface area contributed by atoms with Crippen molar-refractivity contribution in [1.82, 2.24) is 14.7 Å². The quantitative estimate of drug-likeness (QED) is 0.502. The first-order valence-electron chi connectivity index (χ1n) is 11.0. The van der Waals surface area contributed by atoms with E-state index in [-0.39, 0.29) is 0 Å². The molecule has 0 radical (unpaired) electrons. The lowest BCUT2D eigenvalue weighted by Gasteiger charge is -2.36. The van der Waals surface area contributed by atoms with Crippen LogP contribution in [0.2, 0.25) is 0 Å². The van der Waals surface area contributed by atoms with Crippen LogP contribution in [0.1, 0.15) is 11.1 Å². The summed E-state index contributed by atoms with van der Waals surface area (Å²) in [6.45, 7) is 1.62. The van der Waals surface area contributed by atoms with E-state index in [2.05, 4.69) is 88.2 Å². The monoisotopic (exact) mass is 436 g/mol. The van der Waals surface area contributed by atoms with Gasteiger partial charge < -0.3 is 5.32 Å². The van der Waals surface area contributed by atoms with Crippen LogP contribution in [0.15, 0.2) is 113 Å². The third-order valence-corrected chi connectivity index (χ3v) is 6.25. The Balaban J connectivity index is 1.50. The van der Waals surface area contributed by atoms with E-state index in [9.17, 15) is 4.79 Å². The molecule has 1 amide bonds. The number of carbonyl (C=O) groups excluding carboxylic acids is 1. The van der Waals surface area contributed by atoms with Crippen LogP contribution in [0.25, 0.3) is 0 Å². The molecule has 5 rings (SSSR count). The second kappa shape index (κ2) is 8.58. The summed E-state index contributed by atoms with van der Waals surface area (Å²) in [6, 6.07) is 18.8. The average Bonchev–Trinajstić information content (AvgIpc) is 3.51. The van der Waals surface area contributed by atoms with Crippen molar-refractivity contribution in [3.05, 3.63) is 114 Å². The Hall–Kier alpha value is -3.87. The Morgan fingerprint density at radius 1 is 1.06 bits per heavy atom. The van der Waals surface area contributed by atoms with E-state index < -0.39 is 5.54 Å². The van der Waals surface area contributed by atoms with Crippen molar-refractivity contribution in [3.63, 3.8) is 0 Å². The molecular weight excluding hydrogens is 410 g/mol. The maximum absolute atomic E-state index is 11.7. The third-order valence-electron chi connectivity index (χ3n) is 6.25. The minimum Gasteiger partial charge on any atom is -0.340 e. The van der Waals surface area contributed by atoms with Crippen LogP contribution in [0.5, 0.6) is 0 Å². The molecular formula is C27H26N5O+. The fraction of sp³-hybridized carbons (Fsp3) is 0.148. The lowest BCUT2D eigenvalue weighted by atomic mass is 9.80. The number of hydrogen-bond donors (Lipinski definition) is 1. The predicted molar refractivity (Wildman–Crippen MR) is 133 cm³/mol. The van der Waals surface area contributed by atoms with Crippen LogP contribution in [-0.2, 0) is 16.9 Å². The van der Waals surface area contributed by atoms with Gasteiger partial charge in [-0.2, -0.15) is 0 Å². The minimum absolute atomic E-state index is 0.559. The molecule has 0 saturated heterocycles. The van der Waals surface area contributed by atoms with Crippen LogP contribution >= 0.6 is 0 Å². The van der Waals surface area contributed by atoms with Gasteiger partial charge in [-0.1, -0.05) is 48.5 Å². The molecule has 2 heterocycles. The van der Waals surface area contributed by atoms with E-state index in [0.29, 0.717) is 4.48 Å². The van der Waals surface area contributed by atoms with Gasteiger partial charge in [0.25, 0.3) is 0 Å². The zero-order valence-corrected chi connectivity index (χ0v) is 18.5. The van der Waals surface area contributed by atoms with Gasteiger partial charge in [0.05, 0.1) is 5.70 Å². The zero-order chi connectivity index (χ0) is 22.7. The van der Waals surface area contributed by atoms with Crippen molar-refractivity contribution < 1.29 is 4.79 Å². The van der Waals surface area contributed by atoms with Gasteiger partial charge in [0.15, 0.2) is 0 Å². The molecule has 0 aromatic heterocycles. The molecule has 33 heavy (non-hydrogen) atoms. The SMILES string of the molecule is CN(Cc1ccccc1)C[N+]1(c2cccc(C3(NC=O)C=CC=C4N=CN=C43)c2)C=CC=C1. The van der Waals surface area contributed by atoms with Gasteiger partial charge in [-0.05, 0) is 48.5 Å². The number of quaternary nitrogens is 1. The summed E-state index contributed by atoms with van der Waals surface area (Å²) < 4.78 is 0.559. The smallest absolute Gasteiger partial charge is 0.208 e. The Bertz CT molecular complexity index is 1230. The number of aliphatic imine (C=N–C) groups is 2. The highest BCUT2D eigenvalue weighted by Crippen LogP contribution is 2.37. The Morgan fingerprint density at radius 2 is 1.88 bits per heavy atom. The summed E-state index contributed by atoms with van der Waals surface area (Å²) in [7, 11) is 2.14. The van der Waals surface area contributed by atoms with Crippen LogP contribution in [-0.4, -0.2) is 37.1 Å². The van der Waals surface area contributed by atoms with Crippen molar-refractivity contribution in [1.29, 1.82) is 0 Å². The Kier molecular flexibility index (Phi) is 5.46. The number of fused-ring (bicyclic) bond motifs is 1. The fourth-order valence-electron chi connectivity index (χ4n) is 4.75. The lowest BCUT2D eigenvalue weighted by Crippen LogP contribution is -2.49. The van der Waals surface area contributed by atoms with Crippen LogP contribution in [0.4, 0.5) is 5.69 Å². The number of amides is 1. The van der Waals surface area contributed by atoms with E-state index in [0.717, 1.165) is 42.3 Å². The van der Waals surface area contributed by atoms with E-state index in [1.165, 1.54) is 11.9 Å². The van der Waals surface area contributed by atoms with Gasteiger partial charge in [-0.15, -0.1) is 0 Å². The van der Waals surface area contributed by atoms with Gasteiger partial charge in [0.2, 0.25) is 6.41 Å². The highest BCUT2D eigenvalue weighted by molar-refractivity contribution is 6.16. The fourth-order valence-corrected chi connectivity index (χ4v) is 4.75. The summed E-state index contributed by atoms with van der Waals surface area (Å²) in [6.07, 6.45) is 16.6. The van der Waals surface area contributed by atoms with Crippen molar-refractivity contribution in [2.24, 2.45) is 9.98 Å². The van der Waals surface area contributed by atoms with Gasteiger partial charge in [-0.3, -0.25) is 9.69 Å². The summed E-state index contributed by atoms with van der Waals surface area (Å²) in [4.78, 5) is 22.8. The van der Waals surface area contributed by atoms with Gasteiger partial charge >= 0.3 is 0 Å². The molecule has 6 nitrogen and oxygen atoms in total. The molecule has 164 valence electrons. The standard InChI is InChI=1S/C27H25N5O/c1-31(18-22-9-3-2-4-10-22)21-32(15-5-6-16-32)24-12-7-11-23(17-24)27(30-20-33)14-8-13-25-26(27)29-19-28-25/h2-17,19-20H,18,21H2,1H3/p+1. The van der Waals surface area contributed by atoms with Crippen molar-refractivity contribution >= 4 is 24.1 Å². The molecule has 3 aliphatic rings. The van der Waals surface area contributed by atoms with Crippen molar-refractivity contribution in [2.45, 2.75) is 12.1 Å². The zero-order valence-electron chi connectivity index (χ0n) is 18.5. The van der Waals surface area contributed by atoms with E-state index in [4.69, 9.17) is 0 Å². The van der Waals surface area contributed by atoms with Crippen LogP contribution in [0, 0.1) is 0 Å². The van der Waals surface area contributed by atoms with Crippen LogP contribution < -0.4 is 9.80 Å². The van der Waals surface area contributed by atoms with Crippen molar-refractivity contribution in [2.75, 3.05) is 13.7 Å². The van der Waals surface area contributed by atoms with Gasteiger partial charge in [0.1, 0.15) is 42.3 Å². The molecule has 1 unspecified atom stereocenters. The molecule has 0 fully saturated rings. The molecule has 2 aliphatic heterocycles. The molecule has 1 aliphatic carbocycles. The third kappa shape index (κ3) is 3.80. The highest BCUT2D eigenvalue weighted by Gasteiger charge is 2.41. The molecule has 1 N–H and O–H groups in total. The molecule has 0 bridgehead atoms. The number of nitrogens with zero attached hydrogens (tertiary/aromatic N) is 4. The van der Waals surface area contributed by atoms with Crippen LogP contribution in [0.3, 0.4) is 0 Å². The first-order valence-corrected chi connectivity index (χ1v) is 11.0. The number of nitrogens with one attached hydrogen (secondary N) is 1. The normalized spacial score (nSPS) is 21.8. The molecule has 2 aromatic carbocycles. The number of hydrogen-bond acceptors (Lipinski definition) is 4. The second-order valence-corrected chi connectivity index (χ2v) is 8.51. The van der Waals surface area contributed by atoms with E-state index in [1.54, 1.807) is 0 Å². The maximum Gasteiger partial charge on any atom is 0.208 e. The van der Waals surface area contributed by atoms with E-state index >= 15 is 0 Å². The highest BCUT2D eigenvalue weighted by atomic mass is 16.1.